The molecule has 0 unspecified atom stereocenters. The summed E-state index contributed by atoms with van der Waals surface area (Å²) in [5, 5.41) is 0. The summed E-state index contributed by atoms with van der Waals surface area (Å²) in [6.45, 7) is 2.27. The van der Waals surface area contributed by atoms with Gasteiger partial charge in [-0.05, 0) is 24.6 Å². The summed E-state index contributed by atoms with van der Waals surface area (Å²) < 4.78 is 32.2. The predicted octanol–water partition coefficient (Wildman–Crippen LogP) is -0.842. The smallest absolute Gasteiger partial charge is 0.293 e. The molecule has 1 aromatic rings. The fourth-order valence-electron chi connectivity index (χ4n) is 1.75. The summed E-state index contributed by atoms with van der Waals surface area (Å²) in [5.74, 6) is -0.257. The zero-order valence-corrected chi connectivity index (χ0v) is 15.9. The molecule has 9 heteroatoms. The monoisotopic (exact) mass is 352 g/mol. The number of thioether (sulfide) groups is 1. The molecule has 5 nitrogen and oxygen atoms in total. The van der Waals surface area contributed by atoms with Crippen molar-refractivity contribution in [1.82, 2.24) is 4.90 Å². The molecule has 106 valence electrons. The number of carbonyl (C=O) groups excluding carboxylic acids is 1. The van der Waals surface area contributed by atoms with Gasteiger partial charge in [-0.2, -0.15) is 8.42 Å². The van der Waals surface area contributed by atoms with Gasteiger partial charge in [0.15, 0.2) is 0 Å². The van der Waals surface area contributed by atoms with Crippen molar-refractivity contribution in [2.75, 3.05) is 6.54 Å². The number of benzene rings is 1. The summed E-state index contributed by atoms with van der Waals surface area (Å²) in [4.78, 5) is 13.6. The van der Waals surface area contributed by atoms with E-state index in [1.165, 1.54) is 29.2 Å². The Bertz CT molecular complexity index is 715. The van der Waals surface area contributed by atoms with Crippen molar-refractivity contribution in [2.24, 2.45) is 0 Å². The van der Waals surface area contributed by atoms with Crippen LogP contribution in [0, 0.1) is 0 Å². The van der Waals surface area contributed by atoms with E-state index in [0.717, 1.165) is 11.8 Å². The van der Waals surface area contributed by atoms with Crippen molar-refractivity contribution in [2.45, 2.75) is 11.8 Å². The molecular weight excluding hydrogens is 341 g/mol. The van der Waals surface area contributed by atoms with Crippen LogP contribution in [-0.2, 0) is 14.9 Å². The molecule has 0 aliphatic carbocycles. The Labute approximate surface area is 154 Å². The Morgan fingerprint density at radius 3 is 2.52 bits per heavy atom. The van der Waals surface area contributed by atoms with Gasteiger partial charge in [0.05, 0.1) is 4.91 Å². The number of hydrogen-bond donors (Lipinski definition) is 1. The number of thiocarbonyl (C=S) groups is 1. The second-order valence-electron chi connectivity index (χ2n) is 3.94. The first-order valence-electron chi connectivity index (χ1n) is 5.66. The molecule has 1 aliphatic heterocycles. The fourth-order valence-corrected chi connectivity index (χ4v) is 3.80. The molecule has 1 amide bonds. The molecule has 1 aliphatic rings. The molecule has 0 spiro atoms. The van der Waals surface area contributed by atoms with Crippen molar-refractivity contribution in [3.8, 4) is 0 Å². The molecule has 0 bridgehead atoms. The van der Waals surface area contributed by atoms with Crippen LogP contribution < -0.4 is 29.6 Å². The Kier molecular flexibility index (Phi) is 6.60. The van der Waals surface area contributed by atoms with Gasteiger partial charge >= 0.3 is 29.6 Å². The van der Waals surface area contributed by atoms with Crippen LogP contribution in [0.4, 0.5) is 0 Å². The predicted molar refractivity (Wildman–Crippen MR) is 81.8 cm³/mol. The third-order valence-electron chi connectivity index (χ3n) is 2.67. The van der Waals surface area contributed by atoms with E-state index in [0.29, 0.717) is 15.8 Å². The van der Waals surface area contributed by atoms with Crippen molar-refractivity contribution < 1.29 is 47.3 Å². The van der Waals surface area contributed by atoms with E-state index in [2.05, 4.69) is 0 Å². The van der Waals surface area contributed by atoms with E-state index in [9.17, 15) is 17.8 Å². The second-order valence-corrected chi connectivity index (χ2v) is 7.00. The molecule has 1 aromatic carbocycles. The third-order valence-corrected chi connectivity index (χ3v) is 4.98. The molecule has 1 fully saturated rings. The Balaban J connectivity index is 0.00000220. The van der Waals surface area contributed by atoms with E-state index in [1.807, 2.05) is 0 Å². The molecule has 1 saturated heterocycles. The van der Waals surface area contributed by atoms with Gasteiger partial charge in [-0.3, -0.25) is 14.2 Å². The minimum absolute atomic E-state index is 0. The van der Waals surface area contributed by atoms with Crippen LogP contribution in [0.15, 0.2) is 34.1 Å². The van der Waals surface area contributed by atoms with Gasteiger partial charge in [0.25, 0.3) is 16.0 Å². The summed E-state index contributed by atoms with van der Waals surface area (Å²) in [6.07, 6.45) is 1.43. The number of nitrogens with zero attached hydrogens (tertiary/aromatic N) is 1. The average molecular weight is 352 g/mol. The zero-order valence-electron chi connectivity index (χ0n) is 11.4. The molecule has 0 radical (unpaired) electrons. The van der Waals surface area contributed by atoms with E-state index < -0.39 is 10.1 Å². The second kappa shape index (κ2) is 7.36. The Morgan fingerprint density at radius 2 is 2.00 bits per heavy atom. The average Bonchev–Trinajstić information content (AvgIpc) is 2.63. The van der Waals surface area contributed by atoms with Crippen LogP contribution in [0.5, 0.6) is 0 Å². The maximum absolute atomic E-state index is 12.0. The summed E-state index contributed by atoms with van der Waals surface area (Å²) >= 11 is 6.19. The Hall–Kier alpha value is -0.220. The molecule has 0 aromatic heterocycles. The maximum Gasteiger partial charge on any atom is 1.00 e. The van der Waals surface area contributed by atoms with Crippen LogP contribution in [0.3, 0.4) is 0 Å². The maximum atomic E-state index is 12.0. The molecule has 0 saturated carbocycles. The van der Waals surface area contributed by atoms with Crippen LogP contribution in [-0.4, -0.2) is 34.6 Å². The molecule has 1 heterocycles. The van der Waals surface area contributed by atoms with Crippen molar-refractivity contribution in [3.05, 3.63) is 34.7 Å². The number of amides is 1. The minimum Gasteiger partial charge on any atom is -0.293 e. The number of hydrogen-bond acceptors (Lipinski definition) is 5. The van der Waals surface area contributed by atoms with Gasteiger partial charge in [0.2, 0.25) is 0 Å². The first-order valence-corrected chi connectivity index (χ1v) is 8.33. The molecule has 2 rings (SSSR count). The summed E-state index contributed by atoms with van der Waals surface area (Å²) in [7, 11) is -4.34. The van der Waals surface area contributed by atoms with Gasteiger partial charge in [-0.25, -0.2) is 0 Å². The quantitative estimate of drug-likeness (QED) is 0.331. The largest absolute Gasteiger partial charge is 1.00 e. The van der Waals surface area contributed by atoms with Crippen molar-refractivity contribution >= 4 is 50.4 Å². The molecule has 1 N–H and O–H groups in total. The topological polar surface area (TPSA) is 74.7 Å². The van der Waals surface area contributed by atoms with E-state index in [-0.39, 0.29) is 45.9 Å². The van der Waals surface area contributed by atoms with Gasteiger partial charge in [-0.15, -0.1) is 0 Å². The van der Waals surface area contributed by atoms with Crippen LogP contribution in [0.25, 0.3) is 6.08 Å². The first-order chi connectivity index (χ1) is 9.34. The minimum atomic E-state index is -4.34. The molecule has 0 atom stereocenters. The fraction of sp³-hybridized carbons (Fsp3) is 0.167. The van der Waals surface area contributed by atoms with Crippen LogP contribution in [0.1, 0.15) is 12.5 Å². The van der Waals surface area contributed by atoms with E-state index >= 15 is 0 Å². The molecule has 21 heavy (non-hydrogen) atoms. The standard InChI is InChI=1S/C12H11NO4S3.Na/c1-2-13-11(14)9(19-12(13)18)7-8-5-3-4-6-10(8)20(15,16)17;/h3-7H,2H2,1H3,(H,15,16,17);/q;+1/b9-7-;. The van der Waals surface area contributed by atoms with E-state index in [1.54, 1.807) is 13.0 Å². The van der Waals surface area contributed by atoms with Gasteiger partial charge in [0, 0.05) is 6.54 Å². The SMILES string of the molecule is CCN1C(=O)/C(=C/c2ccccc2S(=O)(=O)O)SC1=S.[Na+]. The molecular formula is C12H11NNaO4S3+. The van der Waals surface area contributed by atoms with Crippen LogP contribution in [0.2, 0.25) is 0 Å². The van der Waals surface area contributed by atoms with Gasteiger partial charge < -0.3 is 0 Å². The number of rotatable bonds is 3. The van der Waals surface area contributed by atoms with E-state index in [4.69, 9.17) is 12.2 Å². The number of likely N-dealkylation sites (N-methyl/N-ethyl adjacent to an activating group) is 1. The number of carbonyl (C=O) groups is 1. The van der Waals surface area contributed by atoms with Crippen molar-refractivity contribution in [3.63, 3.8) is 0 Å². The summed E-state index contributed by atoms with van der Waals surface area (Å²) in [6, 6.07) is 5.92. The van der Waals surface area contributed by atoms with Crippen LogP contribution >= 0.6 is 24.0 Å². The van der Waals surface area contributed by atoms with Crippen molar-refractivity contribution in [1.29, 1.82) is 0 Å². The third kappa shape index (κ3) is 4.16. The first kappa shape index (κ1) is 18.8. The van der Waals surface area contributed by atoms with Gasteiger partial charge in [0.1, 0.15) is 9.22 Å². The summed E-state index contributed by atoms with van der Waals surface area (Å²) in [5.41, 5.74) is 0.256. The normalized spacial score (nSPS) is 17.2. The van der Waals surface area contributed by atoms with Gasteiger partial charge in [-0.1, -0.05) is 42.2 Å². The zero-order chi connectivity index (χ0) is 14.9. The Morgan fingerprint density at radius 1 is 1.38 bits per heavy atom.